The molecule has 0 N–H and O–H groups in total. The fourth-order valence-electron chi connectivity index (χ4n) is 3.59. The highest BCUT2D eigenvalue weighted by atomic mass is 32.1. The number of aromatic nitrogens is 2. The van der Waals surface area contributed by atoms with Gasteiger partial charge < -0.3 is 9.47 Å². The minimum Gasteiger partial charge on any atom is -0.460 e. The van der Waals surface area contributed by atoms with E-state index in [1.54, 1.807) is 18.3 Å². The van der Waals surface area contributed by atoms with Crippen LogP contribution >= 0.6 is 11.3 Å². The number of cyclic esters (lactones) is 1. The van der Waals surface area contributed by atoms with Crippen molar-refractivity contribution < 1.29 is 19.1 Å². The van der Waals surface area contributed by atoms with Crippen LogP contribution in [0.5, 0.6) is 0 Å². The SMILES string of the molecule is C[C@@H]1C[C@@H](OC(=O)CCn2cnc3sc4c(c3c2=O)CCCC4)C(=O)O1. The first-order valence-electron chi connectivity index (χ1n) is 8.92. The van der Waals surface area contributed by atoms with E-state index in [-0.39, 0.29) is 24.6 Å². The Bertz CT molecular complexity index is 932. The summed E-state index contributed by atoms with van der Waals surface area (Å²) in [5.74, 6) is -1.02. The lowest BCUT2D eigenvalue weighted by Crippen LogP contribution is -2.26. The Balaban J connectivity index is 1.47. The largest absolute Gasteiger partial charge is 0.460 e. The third kappa shape index (κ3) is 3.13. The summed E-state index contributed by atoms with van der Waals surface area (Å²) in [6.07, 6.45) is 4.98. The first-order valence-corrected chi connectivity index (χ1v) is 9.74. The summed E-state index contributed by atoms with van der Waals surface area (Å²) in [5.41, 5.74) is 1.03. The van der Waals surface area contributed by atoms with Gasteiger partial charge in [-0.3, -0.25) is 14.2 Å². The van der Waals surface area contributed by atoms with Crippen LogP contribution < -0.4 is 5.56 Å². The molecule has 0 spiro atoms. The highest BCUT2D eigenvalue weighted by Crippen LogP contribution is 2.33. The van der Waals surface area contributed by atoms with E-state index in [0.29, 0.717) is 11.8 Å². The third-order valence-corrected chi connectivity index (χ3v) is 6.10. The van der Waals surface area contributed by atoms with Crippen LogP contribution in [0.1, 0.15) is 43.0 Å². The van der Waals surface area contributed by atoms with E-state index in [1.165, 1.54) is 15.8 Å². The fourth-order valence-corrected chi connectivity index (χ4v) is 4.81. The molecule has 0 amide bonds. The van der Waals surface area contributed by atoms with Crippen molar-refractivity contribution in [2.75, 3.05) is 0 Å². The third-order valence-electron chi connectivity index (χ3n) is 4.90. The Morgan fingerprint density at radius 3 is 2.96 bits per heavy atom. The van der Waals surface area contributed by atoms with Crippen LogP contribution in [0.3, 0.4) is 0 Å². The average Bonchev–Trinajstić information content (AvgIpc) is 3.14. The quantitative estimate of drug-likeness (QED) is 0.758. The lowest BCUT2D eigenvalue weighted by atomic mass is 9.97. The summed E-state index contributed by atoms with van der Waals surface area (Å²) in [5, 5.41) is 0.703. The van der Waals surface area contributed by atoms with Crippen LogP contribution in [0.4, 0.5) is 0 Å². The van der Waals surface area contributed by atoms with Gasteiger partial charge >= 0.3 is 11.9 Å². The Labute approximate surface area is 153 Å². The van der Waals surface area contributed by atoms with Gasteiger partial charge in [0.05, 0.1) is 18.1 Å². The number of nitrogens with zero attached hydrogens (tertiary/aromatic N) is 2. The van der Waals surface area contributed by atoms with Gasteiger partial charge in [0.1, 0.15) is 10.9 Å². The summed E-state index contributed by atoms with van der Waals surface area (Å²) >= 11 is 1.60. The zero-order valence-electron chi connectivity index (χ0n) is 14.5. The molecule has 0 unspecified atom stereocenters. The molecule has 0 saturated carbocycles. The summed E-state index contributed by atoms with van der Waals surface area (Å²) in [4.78, 5) is 42.8. The van der Waals surface area contributed by atoms with Crippen LogP contribution in [0.15, 0.2) is 11.1 Å². The van der Waals surface area contributed by atoms with Crippen LogP contribution in [0.2, 0.25) is 0 Å². The Morgan fingerprint density at radius 1 is 1.38 bits per heavy atom. The van der Waals surface area contributed by atoms with Gasteiger partial charge in [0.2, 0.25) is 6.10 Å². The molecule has 138 valence electrons. The van der Waals surface area contributed by atoms with Gasteiger partial charge in [-0.25, -0.2) is 9.78 Å². The first kappa shape index (κ1) is 17.2. The van der Waals surface area contributed by atoms with Crippen LogP contribution in [0, 0.1) is 0 Å². The topological polar surface area (TPSA) is 87.5 Å². The number of fused-ring (bicyclic) bond motifs is 3. The Hall–Kier alpha value is -2.22. The van der Waals surface area contributed by atoms with Gasteiger partial charge in [-0.2, -0.15) is 0 Å². The van der Waals surface area contributed by atoms with E-state index in [0.717, 1.165) is 36.1 Å². The summed E-state index contributed by atoms with van der Waals surface area (Å²) in [6, 6.07) is 0. The number of esters is 2. The number of aryl methyl sites for hydroxylation is 3. The van der Waals surface area contributed by atoms with E-state index in [1.807, 2.05) is 0 Å². The number of ether oxygens (including phenoxy) is 2. The predicted octanol–water partition coefficient (Wildman–Crippen LogP) is 1.97. The summed E-state index contributed by atoms with van der Waals surface area (Å²) < 4.78 is 11.6. The molecule has 1 aliphatic carbocycles. The van der Waals surface area contributed by atoms with Gasteiger partial charge in [-0.15, -0.1) is 11.3 Å². The highest BCUT2D eigenvalue weighted by molar-refractivity contribution is 7.18. The van der Waals surface area contributed by atoms with E-state index < -0.39 is 18.0 Å². The molecule has 2 aliphatic rings. The number of carbonyl (C=O) groups excluding carboxylic acids is 2. The average molecular weight is 376 g/mol. The van der Waals surface area contributed by atoms with E-state index in [4.69, 9.17) is 9.47 Å². The summed E-state index contributed by atoms with van der Waals surface area (Å²) in [7, 11) is 0. The molecule has 2 aromatic heterocycles. The van der Waals surface area contributed by atoms with Gasteiger partial charge in [0, 0.05) is 17.8 Å². The number of thiophene rings is 1. The number of rotatable bonds is 4. The summed E-state index contributed by atoms with van der Waals surface area (Å²) in [6.45, 7) is 1.94. The van der Waals surface area contributed by atoms with Crippen molar-refractivity contribution in [1.29, 1.82) is 0 Å². The molecule has 8 heteroatoms. The monoisotopic (exact) mass is 376 g/mol. The van der Waals surface area contributed by atoms with Crippen LogP contribution in [-0.4, -0.2) is 33.7 Å². The molecule has 4 rings (SSSR count). The Kier molecular flexibility index (Phi) is 4.52. The molecule has 1 saturated heterocycles. The number of hydrogen-bond donors (Lipinski definition) is 0. The Morgan fingerprint density at radius 2 is 2.19 bits per heavy atom. The lowest BCUT2D eigenvalue weighted by molar-refractivity contribution is -0.161. The second kappa shape index (κ2) is 6.83. The highest BCUT2D eigenvalue weighted by Gasteiger charge is 2.34. The standard InChI is InChI=1S/C18H20N2O5S/c1-10-8-12(18(23)24-10)25-14(21)6-7-20-9-19-16-15(17(20)22)11-4-2-3-5-13(11)26-16/h9-10,12H,2-8H2,1H3/t10-,12-/m1/s1. The van der Waals surface area contributed by atoms with Crippen molar-refractivity contribution in [3.05, 3.63) is 27.1 Å². The number of hydrogen-bond acceptors (Lipinski definition) is 7. The van der Waals surface area contributed by atoms with Gasteiger partial charge in [0.25, 0.3) is 5.56 Å². The van der Waals surface area contributed by atoms with Crippen molar-refractivity contribution in [3.8, 4) is 0 Å². The molecular weight excluding hydrogens is 356 g/mol. The molecular formula is C18H20N2O5S. The molecule has 26 heavy (non-hydrogen) atoms. The molecule has 7 nitrogen and oxygen atoms in total. The van der Waals surface area contributed by atoms with Crippen molar-refractivity contribution in [3.63, 3.8) is 0 Å². The normalized spacial score (nSPS) is 22.3. The van der Waals surface area contributed by atoms with Crippen LogP contribution in [0.25, 0.3) is 10.2 Å². The molecule has 1 aliphatic heterocycles. The van der Waals surface area contributed by atoms with Gasteiger partial charge in [-0.1, -0.05) is 0 Å². The zero-order valence-corrected chi connectivity index (χ0v) is 15.3. The molecule has 2 aromatic rings. The lowest BCUT2D eigenvalue weighted by Gasteiger charge is -2.11. The van der Waals surface area contributed by atoms with Crippen molar-refractivity contribution in [2.45, 2.75) is 64.2 Å². The maximum absolute atomic E-state index is 12.8. The minimum absolute atomic E-state index is 0.0115. The number of carbonyl (C=O) groups is 2. The molecule has 0 bridgehead atoms. The smallest absolute Gasteiger partial charge is 0.347 e. The first-order chi connectivity index (χ1) is 12.5. The fraction of sp³-hybridized carbons (Fsp3) is 0.556. The van der Waals surface area contributed by atoms with E-state index >= 15 is 0 Å². The van der Waals surface area contributed by atoms with Crippen LogP contribution in [-0.2, 0) is 38.4 Å². The van der Waals surface area contributed by atoms with E-state index in [2.05, 4.69) is 4.98 Å². The second-order valence-corrected chi connectivity index (χ2v) is 7.93. The van der Waals surface area contributed by atoms with Gasteiger partial charge in [-0.05, 0) is 38.2 Å². The maximum Gasteiger partial charge on any atom is 0.347 e. The molecule has 0 aromatic carbocycles. The van der Waals surface area contributed by atoms with Crippen molar-refractivity contribution in [2.24, 2.45) is 0 Å². The molecule has 0 radical (unpaired) electrons. The second-order valence-electron chi connectivity index (χ2n) is 6.85. The molecule has 1 fully saturated rings. The maximum atomic E-state index is 12.8. The van der Waals surface area contributed by atoms with Crippen molar-refractivity contribution in [1.82, 2.24) is 9.55 Å². The molecule has 3 heterocycles. The molecule has 2 atom stereocenters. The van der Waals surface area contributed by atoms with Gasteiger partial charge in [0.15, 0.2) is 0 Å². The minimum atomic E-state index is -0.835. The van der Waals surface area contributed by atoms with E-state index in [9.17, 15) is 14.4 Å². The predicted molar refractivity (Wildman–Crippen MR) is 95.2 cm³/mol. The zero-order chi connectivity index (χ0) is 18.3. The van der Waals surface area contributed by atoms with Crippen molar-refractivity contribution >= 4 is 33.5 Å².